The van der Waals surface area contributed by atoms with Crippen LogP contribution in [-0.4, -0.2) is 19.6 Å². The van der Waals surface area contributed by atoms with Crippen LogP contribution >= 0.6 is 0 Å². The lowest BCUT2D eigenvalue weighted by Crippen LogP contribution is -2.08. The first-order chi connectivity index (χ1) is 16.7. The topological polar surface area (TPSA) is 66.9 Å². The van der Waals surface area contributed by atoms with Gasteiger partial charge in [-0.1, -0.05) is 86.1 Å². The number of nitriles is 1. The van der Waals surface area contributed by atoms with Crippen LogP contribution in [0.3, 0.4) is 0 Å². The summed E-state index contributed by atoms with van der Waals surface area (Å²) in [5, 5.41) is 14.2. The molecular weight excluding hydrogens is 418 g/mol. The minimum absolute atomic E-state index is 0.682. The van der Waals surface area contributed by atoms with Crippen molar-refractivity contribution in [3.63, 3.8) is 0 Å². The summed E-state index contributed by atoms with van der Waals surface area (Å²) in [6, 6.07) is 28.5. The molecule has 0 saturated heterocycles. The van der Waals surface area contributed by atoms with Crippen molar-refractivity contribution < 1.29 is 0 Å². The Morgan fingerprint density at radius 1 is 0.853 bits per heavy atom. The standard InChI is InChI=1S/C29H25N5/c1-3-9-27-26(18-21-14-16-22(17-15-21)25-13-8-7-12-24(25)19-30)29-32-28(23-10-5-4-6-11-23)33-34(29)20(2)31-27/h4-8,10-17H,3,9,18H2,1-2H3. The minimum atomic E-state index is 0.682. The smallest absolute Gasteiger partial charge is 0.182 e. The van der Waals surface area contributed by atoms with Gasteiger partial charge in [0.05, 0.1) is 11.6 Å². The number of rotatable bonds is 6. The van der Waals surface area contributed by atoms with Crippen LogP contribution in [0.1, 0.15) is 41.6 Å². The zero-order chi connectivity index (χ0) is 23.5. The summed E-state index contributed by atoms with van der Waals surface area (Å²) in [6.45, 7) is 4.16. The molecule has 0 fully saturated rings. The Morgan fingerprint density at radius 2 is 1.59 bits per heavy atom. The first-order valence-corrected chi connectivity index (χ1v) is 11.6. The van der Waals surface area contributed by atoms with E-state index in [1.165, 1.54) is 5.56 Å². The zero-order valence-corrected chi connectivity index (χ0v) is 19.4. The fraction of sp³-hybridized carbons (Fsp3) is 0.172. The van der Waals surface area contributed by atoms with Gasteiger partial charge in [0.25, 0.3) is 0 Å². The molecule has 5 rings (SSSR count). The number of hydrogen-bond acceptors (Lipinski definition) is 4. The molecule has 166 valence electrons. The highest BCUT2D eigenvalue weighted by molar-refractivity contribution is 5.70. The minimum Gasteiger partial charge on any atom is -0.238 e. The zero-order valence-electron chi connectivity index (χ0n) is 19.4. The van der Waals surface area contributed by atoms with E-state index in [1.54, 1.807) is 0 Å². The van der Waals surface area contributed by atoms with Gasteiger partial charge in [0.2, 0.25) is 0 Å². The number of nitrogens with zero attached hydrogens (tertiary/aromatic N) is 5. The van der Waals surface area contributed by atoms with E-state index in [9.17, 15) is 5.26 Å². The highest BCUT2D eigenvalue weighted by Gasteiger charge is 2.17. The Balaban J connectivity index is 1.56. The average Bonchev–Trinajstić information content (AvgIpc) is 3.34. The Kier molecular flexibility index (Phi) is 5.88. The molecule has 0 aliphatic carbocycles. The largest absolute Gasteiger partial charge is 0.238 e. The predicted molar refractivity (Wildman–Crippen MR) is 134 cm³/mol. The SMILES string of the molecule is CCCc1nc(C)n2nc(-c3ccccc3)nc2c1Cc1ccc(-c2ccccc2C#N)cc1. The molecule has 0 radical (unpaired) electrons. The second-order valence-corrected chi connectivity index (χ2v) is 8.40. The first-order valence-electron chi connectivity index (χ1n) is 11.6. The van der Waals surface area contributed by atoms with Crippen LogP contribution in [0, 0.1) is 18.3 Å². The number of aryl methyl sites for hydroxylation is 2. The number of fused-ring (bicyclic) bond motifs is 1. The lowest BCUT2D eigenvalue weighted by Gasteiger charge is -2.12. The molecule has 0 amide bonds. The molecule has 0 N–H and O–H groups in total. The van der Waals surface area contributed by atoms with Gasteiger partial charge in [-0.15, -0.1) is 5.10 Å². The van der Waals surface area contributed by atoms with Crippen molar-refractivity contribution in [3.8, 4) is 28.6 Å². The molecule has 34 heavy (non-hydrogen) atoms. The highest BCUT2D eigenvalue weighted by Crippen LogP contribution is 2.27. The Labute approximate surface area is 199 Å². The number of benzene rings is 3. The number of hydrogen-bond donors (Lipinski definition) is 0. The monoisotopic (exact) mass is 443 g/mol. The number of aromatic nitrogens is 4. The molecule has 0 atom stereocenters. The third-order valence-corrected chi connectivity index (χ3v) is 6.04. The summed E-state index contributed by atoms with van der Waals surface area (Å²) >= 11 is 0. The quantitative estimate of drug-likeness (QED) is 0.314. The van der Waals surface area contributed by atoms with Gasteiger partial charge < -0.3 is 0 Å². The Bertz CT molecular complexity index is 1490. The molecule has 5 nitrogen and oxygen atoms in total. The van der Waals surface area contributed by atoms with Gasteiger partial charge >= 0.3 is 0 Å². The molecule has 0 saturated carbocycles. The molecule has 2 heterocycles. The maximum Gasteiger partial charge on any atom is 0.182 e. The third-order valence-electron chi connectivity index (χ3n) is 6.04. The van der Waals surface area contributed by atoms with E-state index in [0.29, 0.717) is 11.4 Å². The van der Waals surface area contributed by atoms with Crippen LogP contribution in [0.4, 0.5) is 0 Å². The lowest BCUT2D eigenvalue weighted by atomic mass is 9.97. The summed E-state index contributed by atoms with van der Waals surface area (Å²) < 4.78 is 1.87. The molecule has 5 aromatic rings. The Hall–Kier alpha value is -4.30. The summed E-state index contributed by atoms with van der Waals surface area (Å²) in [6.07, 6.45) is 2.63. The molecule has 0 unspecified atom stereocenters. The molecule has 0 aliphatic heterocycles. The van der Waals surface area contributed by atoms with Crippen molar-refractivity contribution in [2.45, 2.75) is 33.1 Å². The van der Waals surface area contributed by atoms with Crippen LogP contribution in [0.5, 0.6) is 0 Å². The van der Waals surface area contributed by atoms with Gasteiger partial charge in [-0.2, -0.15) is 9.78 Å². The van der Waals surface area contributed by atoms with E-state index in [-0.39, 0.29) is 0 Å². The fourth-order valence-electron chi connectivity index (χ4n) is 4.35. The van der Waals surface area contributed by atoms with Crippen molar-refractivity contribution in [1.29, 1.82) is 5.26 Å². The first kappa shape index (κ1) is 21.5. The van der Waals surface area contributed by atoms with Gasteiger partial charge in [0.1, 0.15) is 5.82 Å². The molecule has 3 aromatic carbocycles. The normalized spacial score (nSPS) is 11.0. The van der Waals surface area contributed by atoms with Gasteiger partial charge in [-0.05, 0) is 36.1 Å². The molecule has 0 aliphatic rings. The molecule has 5 heteroatoms. The average molecular weight is 444 g/mol. The lowest BCUT2D eigenvalue weighted by molar-refractivity contribution is 0.793. The summed E-state index contributed by atoms with van der Waals surface area (Å²) in [5.74, 6) is 1.56. The van der Waals surface area contributed by atoms with Crippen molar-refractivity contribution in [3.05, 3.63) is 107 Å². The predicted octanol–water partition coefficient (Wildman–Crippen LogP) is 6.18. The van der Waals surface area contributed by atoms with Crippen molar-refractivity contribution >= 4 is 5.65 Å². The highest BCUT2D eigenvalue weighted by atomic mass is 15.3. The van der Waals surface area contributed by atoms with Gasteiger partial charge in [-0.3, -0.25) is 0 Å². The molecule has 0 bridgehead atoms. The van der Waals surface area contributed by atoms with Gasteiger partial charge in [-0.25, -0.2) is 9.97 Å². The van der Waals surface area contributed by atoms with Crippen LogP contribution in [0.15, 0.2) is 78.9 Å². The van der Waals surface area contributed by atoms with E-state index in [2.05, 4.69) is 37.3 Å². The van der Waals surface area contributed by atoms with Crippen molar-refractivity contribution in [2.75, 3.05) is 0 Å². The van der Waals surface area contributed by atoms with E-state index in [4.69, 9.17) is 15.1 Å². The van der Waals surface area contributed by atoms with Crippen LogP contribution in [-0.2, 0) is 12.8 Å². The maximum absolute atomic E-state index is 9.45. The fourth-order valence-corrected chi connectivity index (χ4v) is 4.35. The van der Waals surface area contributed by atoms with E-state index < -0.39 is 0 Å². The third kappa shape index (κ3) is 4.06. The summed E-state index contributed by atoms with van der Waals surface area (Å²) in [4.78, 5) is 9.85. The Morgan fingerprint density at radius 3 is 2.32 bits per heavy atom. The molecule has 0 spiro atoms. The van der Waals surface area contributed by atoms with Crippen molar-refractivity contribution in [1.82, 2.24) is 19.6 Å². The maximum atomic E-state index is 9.45. The van der Waals surface area contributed by atoms with Gasteiger partial charge in [0.15, 0.2) is 11.5 Å². The summed E-state index contributed by atoms with van der Waals surface area (Å²) in [5.41, 5.74) is 7.91. The summed E-state index contributed by atoms with van der Waals surface area (Å²) in [7, 11) is 0. The molecule has 2 aromatic heterocycles. The second-order valence-electron chi connectivity index (χ2n) is 8.40. The van der Waals surface area contributed by atoms with E-state index in [1.807, 2.05) is 66.0 Å². The second kappa shape index (κ2) is 9.29. The van der Waals surface area contributed by atoms with Gasteiger partial charge in [0, 0.05) is 23.2 Å². The van der Waals surface area contributed by atoms with E-state index >= 15 is 0 Å². The van der Waals surface area contributed by atoms with E-state index in [0.717, 1.165) is 58.7 Å². The van der Waals surface area contributed by atoms with Crippen LogP contribution < -0.4 is 0 Å². The van der Waals surface area contributed by atoms with Crippen LogP contribution in [0.2, 0.25) is 0 Å². The molecular formula is C29H25N5. The van der Waals surface area contributed by atoms with Crippen LogP contribution in [0.25, 0.3) is 28.2 Å². The van der Waals surface area contributed by atoms with Crippen molar-refractivity contribution in [2.24, 2.45) is 0 Å².